The molecular weight excluding hydrogens is 337 g/mol. The number of hydrogen-bond acceptors (Lipinski definition) is 4. The van der Waals surface area contributed by atoms with Gasteiger partial charge in [0, 0.05) is 43.3 Å². The van der Waals surface area contributed by atoms with E-state index in [1.165, 1.54) is 12.1 Å². The molecule has 0 saturated carbocycles. The van der Waals surface area contributed by atoms with Gasteiger partial charge in [0.25, 0.3) is 5.69 Å². The molecule has 2 rings (SSSR count). The van der Waals surface area contributed by atoms with Crippen LogP contribution in [-0.2, 0) is 0 Å². The Bertz CT molecular complexity index is 494. The van der Waals surface area contributed by atoms with Crippen LogP contribution in [0, 0.1) is 10.1 Å². The molecule has 1 heterocycles. The normalized spacial score (nSPS) is 16.2. The summed E-state index contributed by atoms with van der Waals surface area (Å²) in [6.45, 7) is 7.38. The van der Waals surface area contributed by atoms with Crippen LogP contribution in [0.3, 0.4) is 0 Å². The molecule has 8 heteroatoms. The Morgan fingerprint density at radius 2 is 2.00 bits per heavy atom. The number of nitrogens with one attached hydrogen (secondary N) is 1. The summed E-state index contributed by atoms with van der Waals surface area (Å²) in [6.07, 6.45) is 1.79. The molecule has 1 fully saturated rings. The van der Waals surface area contributed by atoms with Gasteiger partial charge in [0.1, 0.15) is 0 Å². The van der Waals surface area contributed by atoms with Crippen LogP contribution < -0.4 is 5.32 Å². The molecule has 1 N–H and O–H groups in total. The zero-order chi connectivity index (χ0) is 13.8. The van der Waals surface area contributed by atoms with Gasteiger partial charge >= 0.3 is 0 Å². The molecule has 0 aliphatic carbocycles. The van der Waals surface area contributed by atoms with Crippen molar-refractivity contribution in [2.75, 3.05) is 26.2 Å². The summed E-state index contributed by atoms with van der Waals surface area (Å²) in [7, 11) is 0. The molecule has 0 spiro atoms. The number of nitro benzene ring substituents is 1. The van der Waals surface area contributed by atoms with E-state index in [-0.39, 0.29) is 36.5 Å². The molecule has 0 radical (unpaired) electrons. The molecule has 1 aromatic rings. The number of hydrogen-bond donors (Lipinski definition) is 1. The molecule has 1 aliphatic heterocycles. The average molecular weight is 355 g/mol. The Balaban J connectivity index is 0.00000200. The molecule has 0 unspecified atom stereocenters. The molecule has 1 aliphatic rings. The van der Waals surface area contributed by atoms with Gasteiger partial charge in [-0.25, -0.2) is 0 Å². The topological polar surface area (TPSA) is 58.4 Å². The van der Waals surface area contributed by atoms with E-state index < -0.39 is 4.92 Å². The fraction of sp³-hybridized carbons (Fsp3) is 0.385. The molecule has 5 nitrogen and oxygen atoms in total. The zero-order valence-corrected chi connectivity index (χ0v) is 13.7. The van der Waals surface area contributed by atoms with Crippen LogP contribution in [0.1, 0.15) is 11.6 Å². The monoisotopic (exact) mass is 353 g/mol. The van der Waals surface area contributed by atoms with E-state index in [1.807, 2.05) is 0 Å². The Morgan fingerprint density at radius 3 is 2.52 bits per heavy atom. The highest BCUT2D eigenvalue weighted by Gasteiger charge is 2.23. The molecule has 118 valence electrons. The number of piperazine rings is 1. The summed E-state index contributed by atoms with van der Waals surface area (Å²) in [5.41, 5.74) is 0.800. The first-order valence-corrected chi connectivity index (χ1v) is 6.52. The van der Waals surface area contributed by atoms with E-state index in [1.54, 1.807) is 12.1 Å². The second-order valence-electron chi connectivity index (χ2n) is 4.43. The summed E-state index contributed by atoms with van der Waals surface area (Å²) < 4.78 is 0. The first-order chi connectivity index (χ1) is 9.13. The second kappa shape index (κ2) is 9.23. The van der Waals surface area contributed by atoms with Crippen LogP contribution in [0.25, 0.3) is 0 Å². The fourth-order valence-corrected chi connectivity index (χ4v) is 2.53. The SMILES string of the molecule is C=C[C@H](c1cc([N+](=O)[O-])ccc1Cl)N1CCNCC1.Cl.Cl. The predicted octanol–water partition coefficient (Wildman–Crippen LogP) is 3.22. The Hall–Kier alpha value is -0.850. The molecule has 0 bridgehead atoms. The van der Waals surface area contributed by atoms with Gasteiger partial charge in [-0.15, -0.1) is 31.4 Å². The highest BCUT2D eigenvalue weighted by molar-refractivity contribution is 6.31. The minimum atomic E-state index is -0.405. The number of nitro groups is 1. The van der Waals surface area contributed by atoms with Crippen molar-refractivity contribution in [3.05, 3.63) is 51.6 Å². The van der Waals surface area contributed by atoms with Crippen molar-refractivity contribution in [2.45, 2.75) is 6.04 Å². The van der Waals surface area contributed by atoms with E-state index in [0.29, 0.717) is 5.02 Å². The van der Waals surface area contributed by atoms with E-state index >= 15 is 0 Å². The van der Waals surface area contributed by atoms with Crippen LogP contribution in [0.2, 0.25) is 5.02 Å². The number of rotatable bonds is 4. The third kappa shape index (κ3) is 4.83. The summed E-state index contributed by atoms with van der Waals surface area (Å²) in [4.78, 5) is 12.7. The smallest absolute Gasteiger partial charge is 0.269 e. The van der Waals surface area contributed by atoms with E-state index in [4.69, 9.17) is 11.6 Å². The van der Waals surface area contributed by atoms with E-state index in [9.17, 15) is 10.1 Å². The highest BCUT2D eigenvalue weighted by Crippen LogP contribution is 2.31. The lowest BCUT2D eigenvalue weighted by Gasteiger charge is -2.33. The van der Waals surface area contributed by atoms with E-state index in [0.717, 1.165) is 31.7 Å². The third-order valence-corrected chi connectivity index (χ3v) is 3.62. The zero-order valence-electron chi connectivity index (χ0n) is 11.3. The third-order valence-electron chi connectivity index (χ3n) is 3.28. The largest absolute Gasteiger partial charge is 0.314 e. The maximum Gasteiger partial charge on any atom is 0.269 e. The van der Waals surface area contributed by atoms with Crippen LogP contribution >= 0.6 is 36.4 Å². The minimum absolute atomic E-state index is 0. The van der Waals surface area contributed by atoms with Crippen molar-refractivity contribution < 1.29 is 4.92 Å². The Labute approximate surface area is 141 Å². The molecule has 21 heavy (non-hydrogen) atoms. The summed E-state index contributed by atoms with van der Waals surface area (Å²) >= 11 is 6.18. The number of halogens is 3. The lowest BCUT2D eigenvalue weighted by molar-refractivity contribution is -0.384. The molecule has 0 aromatic heterocycles. The van der Waals surface area contributed by atoms with Crippen molar-refractivity contribution in [1.29, 1.82) is 0 Å². The quantitative estimate of drug-likeness (QED) is 0.512. The second-order valence-corrected chi connectivity index (χ2v) is 4.84. The van der Waals surface area contributed by atoms with Crippen molar-refractivity contribution in [3.8, 4) is 0 Å². The highest BCUT2D eigenvalue weighted by atomic mass is 35.5. The van der Waals surface area contributed by atoms with Crippen molar-refractivity contribution >= 4 is 42.1 Å². The number of benzene rings is 1. The average Bonchev–Trinajstić information content (AvgIpc) is 2.42. The standard InChI is InChI=1S/C13H16ClN3O2.2ClH/c1-2-13(16-7-5-15-6-8-16)11-9-10(17(18)19)3-4-12(11)14;;/h2-4,9,13,15H,1,5-8H2;2*1H/t13-;;/m1../s1. The summed E-state index contributed by atoms with van der Waals surface area (Å²) in [5.74, 6) is 0. The van der Waals surface area contributed by atoms with Crippen molar-refractivity contribution in [2.24, 2.45) is 0 Å². The minimum Gasteiger partial charge on any atom is -0.314 e. The Morgan fingerprint density at radius 1 is 1.38 bits per heavy atom. The van der Waals surface area contributed by atoms with Gasteiger partial charge in [-0.2, -0.15) is 0 Å². The summed E-state index contributed by atoms with van der Waals surface area (Å²) in [6, 6.07) is 4.45. The summed E-state index contributed by atoms with van der Waals surface area (Å²) in [5, 5.41) is 14.7. The molecule has 1 atom stereocenters. The van der Waals surface area contributed by atoms with Crippen molar-refractivity contribution in [1.82, 2.24) is 10.2 Å². The fourth-order valence-electron chi connectivity index (χ4n) is 2.30. The van der Waals surface area contributed by atoms with E-state index in [2.05, 4.69) is 16.8 Å². The maximum absolute atomic E-state index is 10.9. The lowest BCUT2D eigenvalue weighted by atomic mass is 10.0. The van der Waals surface area contributed by atoms with Crippen molar-refractivity contribution in [3.63, 3.8) is 0 Å². The predicted molar refractivity (Wildman–Crippen MR) is 90.0 cm³/mol. The van der Waals surface area contributed by atoms with Crippen LogP contribution in [0.4, 0.5) is 5.69 Å². The maximum atomic E-state index is 10.9. The first-order valence-electron chi connectivity index (χ1n) is 6.14. The lowest BCUT2D eigenvalue weighted by Crippen LogP contribution is -2.44. The number of nitrogens with zero attached hydrogens (tertiary/aromatic N) is 2. The van der Waals surface area contributed by atoms with Gasteiger partial charge < -0.3 is 5.32 Å². The van der Waals surface area contributed by atoms with Gasteiger partial charge in [0.15, 0.2) is 0 Å². The molecule has 0 amide bonds. The molecule has 1 aromatic carbocycles. The Kier molecular flexibility index (Phi) is 8.85. The van der Waals surface area contributed by atoms with Crippen LogP contribution in [0.15, 0.2) is 30.9 Å². The van der Waals surface area contributed by atoms with Gasteiger partial charge in [-0.05, 0) is 11.6 Å². The molecular formula is C13H18Cl3N3O2. The van der Waals surface area contributed by atoms with Crippen LogP contribution in [-0.4, -0.2) is 36.0 Å². The van der Waals surface area contributed by atoms with Crippen LogP contribution in [0.5, 0.6) is 0 Å². The van der Waals surface area contributed by atoms with Gasteiger partial charge in [0.2, 0.25) is 0 Å². The van der Waals surface area contributed by atoms with Gasteiger partial charge in [0.05, 0.1) is 11.0 Å². The number of non-ortho nitro benzene ring substituents is 1. The van der Waals surface area contributed by atoms with Gasteiger partial charge in [-0.1, -0.05) is 17.7 Å². The van der Waals surface area contributed by atoms with Gasteiger partial charge in [-0.3, -0.25) is 15.0 Å². The molecule has 1 saturated heterocycles. The first kappa shape index (κ1) is 20.1.